The Morgan fingerprint density at radius 1 is 0.427 bits per heavy atom. The molecule has 12 rings (SSSR count). The van der Waals surface area contributed by atoms with Crippen molar-refractivity contribution >= 4 is 74.4 Å². The maximum absolute atomic E-state index is 15.5. The summed E-state index contributed by atoms with van der Waals surface area (Å²) >= 11 is 0. The number of aryl methyl sites for hydroxylation is 1. The van der Waals surface area contributed by atoms with Gasteiger partial charge in [0.2, 0.25) is 5.41 Å². The zero-order valence-electron chi connectivity index (χ0n) is 50.8. The minimum Gasteiger partial charge on any atom is -0.748 e. The van der Waals surface area contributed by atoms with Gasteiger partial charge in [-0.05, 0) is 170 Å². The molecular formula is C67H44F6N4Na2O16S. The van der Waals surface area contributed by atoms with E-state index in [4.69, 9.17) is 23.7 Å². The quantitative estimate of drug-likeness (QED) is 0.0214. The number of fused-ring (bicyclic) bond motifs is 4. The van der Waals surface area contributed by atoms with Gasteiger partial charge in [0.1, 0.15) is 46.0 Å². The number of anilines is 3. The third-order valence-electron chi connectivity index (χ3n) is 15.8. The molecule has 0 aromatic heterocycles. The number of hydrogen-bond acceptors (Lipinski definition) is 16. The standard InChI is InChI=1S/C67H45F6N4O16S.2Na/c1-4-26-89-56-30-37(65(66(68,69)70,67(71,72)73)36-7-6-35(2)55(29-36)90-27-5-28-94(86,87)88)8-25-54(56)77-61(82)49-24-20-45(34-53(49)64(77)85)93-44-19-23-48-52(33-44)63(84)76(60(48)81)39-11-15-41(16-12-39)91-40-13-9-38(10-14-40)75-59(80)47-22-18-43(32-51(47)62(75)83)92-42-17-21-46-50(31-42)58(79)74(3)57(46)78;;/h6-25,29-34H,1,4-5,26-28H2,2-3H3,(H,86,87,88);;/q-1;2*+1/p-1. The molecule has 8 amide bonds. The molecule has 478 valence electrons. The van der Waals surface area contributed by atoms with Gasteiger partial charge < -0.3 is 35.2 Å². The van der Waals surface area contributed by atoms with E-state index in [1.54, 1.807) is 0 Å². The van der Waals surface area contributed by atoms with Crippen molar-refractivity contribution in [3.05, 3.63) is 226 Å². The van der Waals surface area contributed by atoms with E-state index in [-0.39, 0.29) is 161 Å². The van der Waals surface area contributed by atoms with E-state index >= 15 is 26.3 Å². The number of nitrogens with zero attached hydrogens (tertiary/aromatic N) is 4. The molecule has 0 fully saturated rings. The van der Waals surface area contributed by atoms with Crippen LogP contribution < -0.4 is 97.5 Å². The molecule has 4 aliphatic heterocycles. The average molecular weight is 1350 g/mol. The molecule has 29 heteroatoms. The molecule has 8 aromatic rings. The third kappa shape index (κ3) is 12.4. The number of ether oxygens (including phenoxy) is 5. The first-order valence-electron chi connectivity index (χ1n) is 28.2. The predicted octanol–water partition coefficient (Wildman–Crippen LogP) is 6.34. The van der Waals surface area contributed by atoms with Crippen molar-refractivity contribution in [2.24, 2.45) is 0 Å². The fraction of sp³-hybridized carbons (Fsp3) is 0.149. The summed E-state index contributed by atoms with van der Waals surface area (Å²) in [6.07, 6.45) is -12.8. The first-order valence-corrected chi connectivity index (χ1v) is 29.8. The summed E-state index contributed by atoms with van der Waals surface area (Å²) in [7, 11) is -3.35. The van der Waals surface area contributed by atoms with Crippen LogP contribution in [0, 0.1) is 13.8 Å². The topological polar surface area (TPSA) is 253 Å². The molecule has 0 spiro atoms. The van der Waals surface area contributed by atoms with Gasteiger partial charge in [-0.1, -0.05) is 18.2 Å². The largest absolute Gasteiger partial charge is 1.00 e. The van der Waals surface area contributed by atoms with Gasteiger partial charge in [0.15, 0.2) is 0 Å². The van der Waals surface area contributed by atoms with Crippen LogP contribution in [0.5, 0.6) is 46.0 Å². The number of halogens is 6. The molecule has 0 aliphatic carbocycles. The first-order chi connectivity index (χ1) is 44.6. The van der Waals surface area contributed by atoms with Crippen molar-refractivity contribution in [2.45, 2.75) is 37.5 Å². The summed E-state index contributed by atoms with van der Waals surface area (Å²) in [4.78, 5) is 111. The van der Waals surface area contributed by atoms with Gasteiger partial charge >= 0.3 is 71.5 Å². The first kappa shape index (κ1) is 69.6. The van der Waals surface area contributed by atoms with Crippen LogP contribution >= 0.6 is 0 Å². The van der Waals surface area contributed by atoms with Gasteiger partial charge in [-0.2, -0.15) is 26.3 Å². The number of rotatable bonds is 19. The summed E-state index contributed by atoms with van der Waals surface area (Å²) in [6, 6.07) is 31.9. The monoisotopic (exact) mass is 1350 g/mol. The Morgan fingerprint density at radius 3 is 1.20 bits per heavy atom. The normalized spacial score (nSPS) is 14.4. The second-order valence-electron chi connectivity index (χ2n) is 21.7. The number of carbonyl (C=O) groups is 8. The van der Waals surface area contributed by atoms with Crippen LogP contribution in [0.1, 0.15) is 112 Å². The predicted molar refractivity (Wildman–Crippen MR) is 319 cm³/mol. The molecule has 0 N–H and O–H groups in total. The Morgan fingerprint density at radius 2 is 0.771 bits per heavy atom. The van der Waals surface area contributed by atoms with E-state index in [0.29, 0.717) is 35.2 Å². The van der Waals surface area contributed by atoms with Crippen molar-refractivity contribution in [3.8, 4) is 46.0 Å². The van der Waals surface area contributed by atoms with Crippen LogP contribution in [-0.4, -0.2) is 103 Å². The second-order valence-corrected chi connectivity index (χ2v) is 23.2. The summed E-state index contributed by atoms with van der Waals surface area (Å²) in [6.45, 7) is 3.98. The molecule has 20 nitrogen and oxygen atoms in total. The minimum absolute atomic E-state index is 0. The van der Waals surface area contributed by atoms with Crippen LogP contribution in [0.15, 0.2) is 158 Å². The van der Waals surface area contributed by atoms with Gasteiger partial charge in [0.05, 0.1) is 84.9 Å². The van der Waals surface area contributed by atoms with Crippen LogP contribution in [0.2, 0.25) is 0 Å². The van der Waals surface area contributed by atoms with Crippen LogP contribution in [0.25, 0.3) is 0 Å². The molecular weight excluding hydrogens is 1310 g/mol. The van der Waals surface area contributed by atoms with E-state index < -0.39 is 129 Å². The summed E-state index contributed by atoms with van der Waals surface area (Å²) in [5, 5.41) is 0. The Kier molecular flexibility index (Phi) is 19.2. The number of imide groups is 4. The zero-order chi connectivity index (χ0) is 67.1. The van der Waals surface area contributed by atoms with Gasteiger partial charge in [-0.25, -0.2) is 23.1 Å². The van der Waals surface area contributed by atoms with Gasteiger partial charge in [0, 0.05) is 12.8 Å². The van der Waals surface area contributed by atoms with E-state index in [1.165, 1.54) is 129 Å². The third-order valence-corrected chi connectivity index (χ3v) is 16.6. The molecule has 4 aliphatic rings. The smallest absolute Gasteiger partial charge is 0.748 e. The van der Waals surface area contributed by atoms with Crippen LogP contribution in [-0.2, 0) is 15.5 Å². The van der Waals surface area contributed by atoms with Crippen molar-refractivity contribution in [2.75, 3.05) is 40.7 Å². The maximum Gasteiger partial charge on any atom is 1.00 e. The Hall–Kier alpha value is -9.19. The van der Waals surface area contributed by atoms with Crippen LogP contribution in [0.3, 0.4) is 0 Å². The molecule has 4 heterocycles. The number of carbonyl (C=O) groups excluding carboxylic acids is 8. The maximum atomic E-state index is 15.5. The Labute approximate surface area is 585 Å². The number of alkyl halides is 6. The second kappa shape index (κ2) is 26.4. The molecule has 0 bridgehead atoms. The Balaban J connectivity index is 0.00000501. The van der Waals surface area contributed by atoms with E-state index in [1.807, 2.05) is 0 Å². The summed E-state index contributed by atoms with van der Waals surface area (Å²) in [5.41, 5.74) is -7.69. The molecule has 0 unspecified atom stereocenters. The van der Waals surface area contributed by atoms with Gasteiger partial charge in [0.25, 0.3) is 47.3 Å². The van der Waals surface area contributed by atoms with Gasteiger partial charge in [-0.15, -0.1) is 6.42 Å². The number of hydrogen-bond donors (Lipinski definition) is 0. The van der Waals surface area contributed by atoms with Crippen LogP contribution in [0.4, 0.5) is 43.4 Å². The van der Waals surface area contributed by atoms with E-state index in [2.05, 4.69) is 6.92 Å². The molecule has 0 saturated carbocycles. The summed E-state index contributed by atoms with van der Waals surface area (Å²) < 4.78 is 155. The van der Waals surface area contributed by atoms with Gasteiger partial charge in [-0.3, -0.25) is 43.3 Å². The average Bonchev–Trinajstić information content (AvgIpc) is 1.36. The zero-order valence-corrected chi connectivity index (χ0v) is 55.6. The van der Waals surface area contributed by atoms with Crippen molar-refractivity contribution < 1.29 is 160 Å². The fourth-order valence-corrected chi connectivity index (χ4v) is 11.8. The fourth-order valence-electron chi connectivity index (χ4n) is 11.3. The molecule has 0 saturated heterocycles. The van der Waals surface area contributed by atoms with E-state index in [9.17, 15) is 51.3 Å². The van der Waals surface area contributed by atoms with Crippen molar-refractivity contribution in [1.82, 2.24) is 4.90 Å². The SMILES string of the molecule is [CH2-]CCOc1cc(C(c2ccc(C)c(OCCCS(=O)(=O)[O-])c2)(C(F)(F)F)C(F)(F)F)ccc1N1C(=O)c2ccc(Oc3ccc4c(c3)C(=O)N(c3ccc(Oc5ccc(N6C(=O)c7ccc(Oc8ccc9c(c8)C(=O)N(C)C9=O)cc7C6=O)cc5)cc3)C4=O)cc2C1=O.[Na+].[Na+]. The molecule has 0 atom stereocenters. The molecule has 0 radical (unpaired) electrons. The number of amides is 8. The van der Waals surface area contributed by atoms with Crippen molar-refractivity contribution in [1.29, 1.82) is 0 Å². The van der Waals surface area contributed by atoms with E-state index in [0.717, 1.165) is 26.8 Å². The minimum atomic E-state index is -6.13. The van der Waals surface area contributed by atoms with Crippen molar-refractivity contribution in [3.63, 3.8) is 0 Å². The molecule has 96 heavy (non-hydrogen) atoms. The number of benzene rings is 8. The molecule has 8 aromatic carbocycles. The Bertz CT molecular complexity index is 4710. The summed E-state index contributed by atoms with van der Waals surface area (Å²) in [5.74, 6) is -6.89.